The number of aromatic nitrogens is 1. The first-order valence-electron chi connectivity index (χ1n) is 9.28. The Labute approximate surface area is 165 Å². The first kappa shape index (κ1) is 20.4. The lowest BCUT2D eigenvalue weighted by Gasteiger charge is -2.14. The average molecular weight is 403 g/mol. The molecule has 1 heterocycles. The zero-order chi connectivity index (χ0) is 20.3. The van der Waals surface area contributed by atoms with Crippen LogP contribution in [-0.2, 0) is 17.1 Å². The minimum Gasteiger partial charge on any atom is -0.493 e. The highest BCUT2D eigenvalue weighted by Crippen LogP contribution is 2.23. The fourth-order valence-corrected chi connectivity index (χ4v) is 4.18. The van der Waals surface area contributed by atoms with Crippen molar-refractivity contribution in [2.24, 2.45) is 7.05 Å². The Morgan fingerprint density at radius 3 is 2.68 bits per heavy atom. The molecule has 2 N–H and O–H groups in total. The van der Waals surface area contributed by atoms with Gasteiger partial charge in [0.2, 0.25) is 10.0 Å². The fourth-order valence-electron chi connectivity index (χ4n) is 3.06. The second-order valence-electron chi connectivity index (χ2n) is 6.89. The van der Waals surface area contributed by atoms with Gasteiger partial charge in [-0.25, -0.2) is 13.1 Å². The Kier molecular flexibility index (Phi) is 6.07. The SMILES string of the molecule is CCCOc1ccc(S(=O)(=O)NCC(O)c2ccc3c(ccn3C)c2)cc1C. The van der Waals surface area contributed by atoms with Gasteiger partial charge in [0, 0.05) is 25.3 Å². The highest BCUT2D eigenvalue weighted by atomic mass is 32.2. The average Bonchev–Trinajstić information content (AvgIpc) is 3.05. The van der Waals surface area contributed by atoms with Crippen molar-refractivity contribution in [2.75, 3.05) is 13.2 Å². The van der Waals surface area contributed by atoms with Crippen LogP contribution in [0.1, 0.15) is 30.6 Å². The normalized spacial score (nSPS) is 13.0. The van der Waals surface area contributed by atoms with Gasteiger partial charge in [-0.05, 0) is 66.3 Å². The van der Waals surface area contributed by atoms with Crippen LogP contribution in [-0.4, -0.2) is 31.2 Å². The first-order valence-corrected chi connectivity index (χ1v) is 10.8. The van der Waals surface area contributed by atoms with Gasteiger partial charge < -0.3 is 14.4 Å². The lowest BCUT2D eigenvalue weighted by Crippen LogP contribution is -2.28. The summed E-state index contributed by atoms with van der Waals surface area (Å²) in [6.45, 7) is 4.31. The van der Waals surface area contributed by atoms with Crippen molar-refractivity contribution in [3.05, 3.63) is 59.8 Å². The van der Waals surface area contributed by atoms with Crippen LogP contribution in [0.4, 0.5) is 0 Å². The molecule has 0 saturated carbocycles. The van der Waals surface area contributed by atoms with Crippen LogP contribution in [0.2, 0.25) is 0 Å². The van der Waals surface area contributed by atoms with Crippen LogP contribution >= 0.6 is 0 Å². The molecule has 28 heavy (non-hydrogen) atoms. The van der Waals surface area contributed by atoms with Gasteiger partial charge in [0.25, 0.3) is 0 Å². The molecule has 0 radical (unpaired) electrons. The summed E-state index contributed by atoms with van der Waals surface area (Å²) in [6.07, 6.45) is 1.89. The molecule has 1 atom stereocenters. The van der Waals surface area contributed by atoms with Crippen molar-refractivity contribution >= 4 is 20.9 Å². The number of rotatable bonds is 8. The second kappa shape index (κ2) is 8.34. The molecule has 1 unspecified atom stereocenters. The standard InChI is InChI=1S/C21H26N2O4S/c1-4-11-27-21-8-6-18(12-15(21)2)28(25,26)22-14-20(24)17-5-7-19-16(13-17)9-10-23(19)3/h5-10,12-13,20,22,24H,4,11,14H2,1-3H3. The molecule has 3 rings (SSSR count). The van der Waals surface area contributed by atoms with Gasteiger partial charge in [-0.1, -0.05) is 13.0 Å². The van der Waals surface area contributed by atoms with Crippen LogP contribution in [0.25, 0.3) is 10.9 Å². The predicted octanol–water partition coefficient (Wildman–Crippen LogP) is 3.29. The molecule has 3 aromatic rings. The number of sulfonamides is 1. The van der Waals surface area contributed by atoms with Crippen molar-refractivity contribution < 1.29 is 18.3 Å². The zero-order valence-electron chi connectivity index (χ0n) is 16.3. The fraction of sp³-hybridized carbons (Fsp3) is 0.333. The maximum atomic E-state index is 12.6. The molecule has 2 aromatic carbocycles. The summed E-state index contributed by atoms with van der Waals surface area (Å²) in [5.74, 6) is 0.678. The molecular formula is C21H26N2O4S. The van der Waals surface area contributed by atoms with E-state index in [1.165, 1.54) is 6.07 Å². The van der Waals surface area contributed by atoms with E-state index in [1.807, 2.05) is 55.9 Å². The molecule has 0 saturated heterocycles. The van der Waals surface area contributed by atoms with E-state index in [1.54, 1.807) is 12.1 Å². The number of aryl methyl sites for hydroxylation is 2. The van der Waals surface area contributed by atoms with Crippen LogP contribution in [0, 0.1) is 6.92 Å². The van der Waals surface area contributed by atoms with E-state index in [0.29, 0.717) is 17.9 Å². The molecule has 0 aliphatic carbocycles. The second-order valence-corrected chi connectivity index (χ2v) is 8.66. The Bertz CT molecular complexity index is 1070. The Morgan fingerprint density at radius 2 is 1.96 bits per heavy atom. The number of benzene rings is 2. The maximum Gasteiger partial charge on any atom is 0.240 e. The molecule has 0 spiro atoms. The van der Waals surface area contributed by atoms with E-state index >= 15 is 0 Å². The van der Waals surface area contributed by atoms with Crippen molar-refractivity contribution in [1.29, 1.82) is 0 Å². The van der Waals surface area contributed by atoms with Gasteiger partial charge in [0.1, 0.15) is 5.75 Å². The summed E-state index contributed by atoms with van der Waals surface area (Å²) in [4.78, 5) is 0.152. The van der Waals surface area contributed by atoms with E-state index < -0.39 is 16.1 Å². The highest BCUT2D eigenvalue weighted by molar-refractivity contribution is 7.89. The minimum atomic E-state index is -3.73. The number of ether oxygens (including phenoxy) is 1. The first-order chi connectivity index (χ1) is 13.3. The molecule has 0 fully saturated rings. The molecule has 6 nitrogen and oxygen atoms in total. The van der Waals surface area contributed by atoms with Gasteiger partial charge in [-0.2, -0.15) is 0 Å². The molecule has 1 aromatic heterocycles. The summed E-state index contributed by atoms with van der Waals surface area (Å²) >= 11 is 0. The third kappa shape index (κ3) is 4.38. The van der Waals surface area contributed by atoms with Gasteiger partial charge in [0.15, 0.2) is 0 Å². The topological polar surface area (TPSA) is 80.6 Å². The summed E-state index contributed by atoms with van der Waals surface area (Å²) < 4.78 is 35.3. The highest BCUT2D eigenvalue weighted by Gasteiger charge is 2.18. The van der Waals surface area contributed by atoms with E-state index in [9.17, 15) is 13.5 Å². The third-order valence-electron chi connectivity index (χ3n) is 4.68. The van der Waals surface area contributed by atoms with E-state index in [2.05, 4.69) is 4.72 Å². The minimum absolute atomic E-state index is 0.103. The van der Waals surface area contributed by atoms with Crippen molar-refractivity contribution in [3.8, 4) is 5.75 Å². The lowest BCUT2D eigenvalue weighted by molar-refractivity contribution is 0.182. The van der Waals surface area contributed by atoms with Crippen LogP contribution in [0.5, 0.6) is 5.75 Å². The smallest absolute Gasteiger partial charge is 0.240 e. The molecule has 0 bridgehead atoms. The summed E-state index contributed by atoms with van der Waals surface area (Å²) in [5, 5.41) is 11.4. The quantitative estimate of drug-likeness (QED) is 0.606. The predicted molar refractivity (Wildman–Crippen MR) is 110 cm³/mol. The Hall–Kier alpha value is -2.35. The molecule has 0 aliphatic rings. The van der Waals surface area contributed by atoms with Gasteiger partial charge in [0.05, 0.1) is 17.6 Å². The molecule has 0 aliphatic heterocycles. The van der Waals surface area contributed by atoms with Gasteiger partial charge in [-0.15, -0.1) is 0 Å². The van der Waals surface area contributed by atoms with E-state index in [-0.39, 0.29) is 11.4 Å². The lowest BCUT2D eigenvalue weighted by atomic mass is 10.1. The van der Waals surface area contributed by atoms with Gasteiger partial charge >= 0.3 is 0 Å². The Morgan fingerprint density at radius 1 is 1.18 bits per heavy atom. The molecule has 150 valence electrons. The third-order valence-corrected chi connectivity index (χ3v) is 6.10. The van der Waals surface area contributed by atoms with Crippen molar-refractivity contribution in [2.45, 2.75) is 31.3 Å². The monoisotopic (exact) mass is 402 g/mol. The molecule has 7 heteroatoms. The Balaban J connectivity index is 1.70. The molecule has 0 amide bonds. The number of hydrogen-bond donors (Lipinski definition) is 2. The number of nitrogens with one attached hydrogen (secondary N) is 1. The van der Waals surface area contributed by atoms with Crippen LogP contribution < -0.4 is 9.46 Å². The van der Waals surface area contributed by atoms with Crippen molar-refractivity contribution in [3.63, 3.8) is 0 Å². The van der Waals surface area contributed by atoms with Crippen LogP contribution in [0.15, 0.2) is 53.6 Å². The summed E-state index contributed by atoms with van der Waals surface area (Å²) in [7, 11) is -1.78. The van der Waals surface area contributed by atoms with Gasteiger partial charge in [-0.3, -0.25) is 0 Å². The summed E-state index contributed by atoms with van der Waals surface area (Å²) in [6, 6.07) is 12.3. The number of fused-ring (bicyclic) bond motifs is 1. The summed E-state index contributed by atoms with van der Waals surface area (Å²) in [5.41, 5.74) is 2.48. The number of hydrogen-bond acceptors (Lipinski definition) is 4. The number of aliphatic hydroxyl groups excluding tert-OH is 1. The number of nitrogens with zero attached hydrogens (tertiary/aromatic N) is 1. The van der Waals surface area contributed by atoms with Crippen LogP contribution in [0.3, 0.4) is 0 Å². The van der Waals surface area contributed by atoms with E-state index in [0.717, 1.165) is 22.9 Å². The van der Waals surface area contributed by atoms with Crippen molar-refractivity contribution in [1.82, 2.24) is 9.29 Å². The maximum absolute atomic E-state index is 12.6. The number of aliphatic hydroxyl groups is 1. The molecular weight excluding hydrogens is 376 g/mol. The zero-order valence-corrected chi connectivity index (χ0v) is 17.2. The van der Waals surface area contributed by atoms with E-state index in [4.69, 9.17) is 4.74 Å². The largest absolute Gasteiger partial charge is 0.493 e.